The number of thiophene rings is 1. The molecule has 3 amide bonds. The minimum Gasteiger partial charge on any atom is -0.465 e. The average molecular weight is 481 g/mol. The van der Waals surface area contributed by atoms with Crippen LogP contribution in [0.15, 0.2) is 35.4 Å². The number of amides is 3. The zero-order valence-corrected chi connectivity index (χ0v) is 18.4. The van der Waals surface area contributed by atoms with Crippen LogP contribution in [0.1, 0.15) is 9.67 Å². The van der Waals surface area contributed by atoms with Gasteiger partial charge in [-0.1, -0.05) is 23.8 Å². The molecule has 0 radical (unpaired) electrons. The molecule has 12 heteroatoms. The van der Waals surface area contributed by atoms with Crippen molar-refractivity contribution in [3.8, 4) is 0 Å². The number of carbonyl (C=O) groups excluding carboxylic acids is 3. The van der Waals surface area contributed by atoms with Gasteiger partial charge in [0.05, 0.1) is 28.6 Å². The maximum absolute atomic E-state index is 13.3. The first-order chi connectivity index (χ1) is 15.3. The van der Waals surface area contributed by atoms with Crippen LogP contribution in [0.2, 0.25) is 4.34 Å². The van der Waals surface area contributed by atoms with Gasteiger partial charge in [0.25, 0.3) is 5.91 Å². The van der Waals surface area contributed by atoms with Crippen LogP contribution >= 0.6 is 22.9 Å². The molecule has 32 heavy (non-hydrogen) atoms. The number of nitrogens with one attached hydrogen (secondary N) is 3. The van der Waals surface area contributed by atoms with Crippen molar-refractivity contribution < 1.29 is 29.0 Å². The van der Waals surface area contributed by atoms with Crippen LogP contribution < -0.4 is 16.0 Å². The highest BCUT2D eigenvalue weighted by Crippen LogP contribution is 2.29. The second kappa shape index (κ2) is 9.41. The van der Waals surface area contributed by atoms with Gasteiger partial charge in [0.15, 0.2) is 5.78 Å². The summed E-state index contributed by atoms with van der Waals surface area (Å²) >= 11 is 7.06. The van der Waals surface area contributed by atoms with Crippen molar-refractivity contribution in [3.63, 3.8) is 0 Å². The predicted octanol–water partition coefficient (Wildman–Crippen LogP) is 0.607. The Labute approximate surface area is 192 Å². The fourth-order valence-electron chi connectivity index (χ4n) is 4.00. The quantitative estimate of drug-likeness (QED) is 0.468. The second-order valence-electron chi connectivity index (χ2n) is 7.57. The number of nitrogens with zero attached hydrogens (tertiary/aromatic N) is 1. The zero-order chi connectivity index (χ0) is 22.8. The number of halogens is 1. The monoisotopic (exact) mass is 480 g/mol. The first-order valence-corrected chi connectivity index (χ1v) is 11.1. The van der Waals surface area contributed by atoms with Crippen molar-refractivity contribution in [2.24, 2.45) is 5.92 Å². The van der Waals surface area contributed by atoms with E-state index in [0.29, 0.717) is 33.5 Å². The lowest BCUT2D eigenvalue weighted by Crippen LogP contribution is -2.47. The van der Waals surface area contributed by atoms with Crippen LogP contribution in [0.4, 0.5) is 4.79 Å². The van der Waals surface area contributed by atoms with Crippen molar-refractivity contribution in [1.29, 1.82) is 0 Å². The summed E-state index contributed by atoms with van der Waals surface area (Å²) < 4.78 is 5.90. The van der Waals surface area contributed by atoms with Crippen molar-refractivity contribution in [2.45, 2.75) is 12.1 Å². The SMILES string of the molecule is O=C(O)N[C@H]1C(=O)NCC1C1=CC(CNC(=O)c2ccc(Cl)s2)=CC(N2CCOC2)C1=O. The van der Waals surface area contributed by atoms with E-state index in [4.69, 9.17) is 21.4 Å². The molecule has 0 saturated carbocycles. The molecule has 4 N–H and O–H groups in total. The Hall–Kier alpha value is -2.73. The van der Waals surface area contributed by atoms with Crippen molar-refractivity contribution >= 4 is 46.6 Å². The molecule has 0 aromatic carbocycles. The van der Waals surface area contributed by atoms with Crippen LogP contribution in [-0.2, 0) is 14.3 Å². The highest BCUT2D eigenvalue weighted by Gasteiger charge is 2.43. The van der Waals surface area contributed by atoms with Gasteiger partial charge in [-0.05, 0) is 17.7 Å². The van der Waals surface area contributed by atoms with Crippen LogP contribution in [0.25, 0.3) is 0 Å². The van der Waals surface area contributed by atoms with Gasteiger partial charge in [0.2, 0.25) is 5.91 Å². The van der Waals surface area contributed by atoms with Crippen LogP contribution in [0.5, 0.6) is 0 Å². The Morgan fingerprint density at radius 1 is 1.34 bits per heavy atom. The molecule has 1 aliphatic carbocycles. The maximum Gasteiger partial charge on any atom is 0.405 e. The Bertz CT molecular complexity index is 1020. The molecule has 2 fully saturated rings. The Morgan fingerprint density at radius 2 is 2.16 bits per heavy atom. The molecule has 170 valence electrons. The van der Waals surface area contributed by atoms with Gasteiger partial charge in [-0.15, -0.1) is 11.3 Å². The highest BCUT2D eigenvalue weighted by molar-refractivity contribution is 7.18. The lowest BCUT2D eigenvalue weighted by atomic mass is 9.82. The Morgan fingerprint density at radius 3 is 2.81 bits per heavy atom. The fourth-order valence-corrected chi connectivity index (χ4v) is 4.96. The summed E-state index contributed by atoms with van der Waals surface area (Å²) in [5, 5.41) is 16.8. The smallest absolute Gasteiger partial charge is 0.405 e. The minimum atomic E-state index is -1.34. The van der Waals surface area contributed by atoms with Crippen LogP contribution in [0.3, 0.4) is 0 Å². The summed E-state index contributed by atoms with van der Waals surface area (Å²) in [4.78, 5) is 51.4. The Balaban J connectivity index is 1.58. The first kappa shape index (κ1) is 22.5. The average Bonchev–Trinajstić information content (AvgIpc) is 3.50. The lowest BCUT2D eigenvalue weighted by molar-refractivity contribution is -0.121. The molecular weight excluding hydrogens is 460 g/mol. The molecule has 0 spiro atoms. The number of carboxylic acid groups (broad SMARTS) is 1. The van der Waals surface area contributed by atoms with Crippen molar-refractivity contribution in [1.82, 2.24) is 20.9 Å². The molecule has 2 unspecified atom stereocenters. The van der Waals surface area contributed by atoms with E-state index < -0.39 is 30.0 Å². The van der Waals surface area contributed by atoms with Crippen LogP contribution in [-0.4, -0.2) is 78.8 Å². The summed E-state index contributed by atoms with van der Waals surface area (Å²) in [6.07, 6.45) is 2.06. The molecular formula is C20H21ClN4O6S. The standard InChI is InChI=1S/C20H21ClN4O6S/c21-15-2-1-14(32-15)18(27)22-7-10-5-11(12-8-23-19(28)16(12)24-20(29)30)17(26)13(6-10)25-3-4-31-9-25/h1-2,5-6,12-13,16,24H,3-4,7-9H2,(H,22,27)(H,23,28)(H,29,30)/t12?,13?,16-/m1/s1. The number of rotatable bonds is 6. The van der Waals surface area contributed by atoms with Crippen molar-refractivity contribution in [3.05, 3.63) is 44.6 Å². The molecule has 0 bridgehead atoms. The summed E-state index contributed by atoms with van der Waals surface area (Å²) in [5.74, 6) is -1.65. The third-order valence-electron chi connectivity index (χ3n) is 5.55. The predicted molar refractivity (Wildman–Crippen MR) is 116 cm³/mol. The highest BCUT2D eigenvalue weighted by atomic mass is 35.5. The third-order valence-corrected chi connectivity index (χ3v) is 6.78. The normalized spacial score (nSPS) is 25.8. The second-order valence-corrected chi connectivity index (χ2v) is 9.28. The van der Waals surface area contributed by atoms with E-state index in [2.05, 4.69) is 16.0 Å². The van der Waals surface area contributed by atoms with Gasteiger partial charge in [0, 0.05) is 31.1 Å². The van der Waals surface area contributed by atoms with Gasteiger partial charge >= 0.3 is 6.09 Å². The number of hydrogen-bond donors (Lipinski definition) is 4. The molecule has 2 saturated heterocycles. The molecule has 1 aromatic heterocycles. The van der Waals surface area contributed by atoms with Gasteiger partial charge in [0.1, 0.15) is 6.04 Å². The van der Waals surface area contributed by atoms with Crippen molar-refractivity contribution in [2.75, 3.05) is 33.0 Å². The van der Waals surface area contributed by atoms with E-state index in [0.717, 1.165) is 11.3 Å². The molecule has 4 rings (SSSR count). The number of ketones is 1. The van der Waals surface area contributed by atoms with Crippen LogP contribution in [0, 0.1) is 5.92 Å². The zero-order valence-electron chi connectivity index (χ0n) is 16.8. The number of Topliss-reactive ketones (excluding diaryl/α,β-unsaturated/α-hetero) is 1. The van der Waals surface area contributed by atoms with E-state index in [9.17, 15) is 19.2 Å². The molecule has 10 nitrogen and oxygen atoms in total. The fraction of sp³-hybridized carbons (Fsp3) is 0.400. The third kappa shape index (κ3) is 4.70. The van der Waals surface area contributed by atoms with Gasteiger partial charge in [-0.25, -0.2) is 4.79 Å². The lowest BCUT2D eigenvalue weighted by Gasteiger charge is -2.30. The molecule has 2 aliphatic heterocycles. The molecule has 1 aromatic rings. The first-order valence-electron chi connectivity index (χ1n) is 9.92. The van der Waals surface area contributed by atoms with E-state index in [1.165, 1.54) is 0 Å². The summed E-state index contributed by atoms with van der Waals surface area (Å²) in [7, 11) is 0. The number of hydrogen-bond acceptors (Lipinski definition) is 7. The molecule has 3 aliphatic rings. The number of carbonyl (C=O) groups is 4. The van der Waals surface area contributed by atoms with E-state index in [1.807, 2.05) is 4.90 Å². The molecule has 3 heterocycles. The topological polar surface area (TPSA) is 137 Å². The summed E-state index contributed by atoms with van der Waals surface area (Å²) in [6.45, 7) is 1.63. The largest absolute Gasteiger partial charge is 0.465 e. The maximum atomic E-state index is 13.3. The van der Waals surface area contributed by atoms with Gasteiger partial charge in [-0.3, -0.25) is 19.3 Å². The number of ether oxygens (including phenoxy) is 1. The van der Waals surface area contributed by atoms with E-state index >= 15 is 0 Å². The molecule has 3 atom stereocenters. The Kier molecular flexibility index (Phi) is 6.60. The van der Waals surface area contributed by atoms with Gasteiger partial charge < -0.3 is 25.8 Å². The van der Waals surface area contributed by atoms with Gasteiger partial charge in [-0.2, -0.15) is 0 Å². The van der Waals surface area contributed by atoms with E-state index in [-0.39, 0.29) is 31.5 Å². The summed E-state index contributed by atoms with van der Waals surface area (Å²) in [5.41, 5.74) is 1.02. The minimum absolute atomic E-state index is 0.137. The summed E-state index contributed by atoms with van der Waals surface area (Å²) in [6, 6.07) is 1.58. The van der Waals surface area contributed by atoms with E-state index in [1.54, 1.807) is 24.3 Å².